The second-order valence-corrected chi connectivity index (χ2v) is 10.2. The van der Waals surface area contributed by atoms with Crippen LogP contribution in [-0.4, -0.2) is 18.1 Å². The van der Waals surface area contributed by atoms with Crippen LogP contribution < -0.4 is 0 Å². The van der Waals surface area contributed by atoms with Gasteiger partial charge in [-0.1, -0.05) is 118 Å². The van der Waals surface area contributed by atoms with Crippen molar-refractivity contribution in [2.45, 2.75) is 130 Å². The molecule has 0 rings (SSSR count). The van der Waals surface area contributed by atoms with Gasteiger partial charge in [-0.25, -0.2) is 4.57 Å². The summed E-state index contributed by atoms with van der Waals surface area (Å²) >= 11 is 0. The Morgan fingerprint density at radius 3 is 1.31 bits per heavy atom. The molecule has 0 saturated heterocycles. The quantitative estimate of drug-likeness (QED) is 0.137. The van der Waals surface area contributed by atoms with E-state index in [1.54, 1.807) is 0 Å². The van der Waals surface area contributed by atoms with E-state index in [4.69, 9.17) is 9.05 Å². The van der Waals surface area contributed by atoms with Gasteiger partial charge in [-0.05, 0) is 24.7 Å². The molecule has 0 heterocycles. The predicted molar refractivity (Wildman–Crippen MR) is 125 cm³/mol. The van der Waals surface area contributed by atoms with E-state index in [9.17, 15) is 9.46 Å². The Kier molecular flexibility index (Phi) is 20.1. The number of hydrogen-bond donors (Lipinski definition) is 1. The van der Waals surface area contributed by atoms with E-state index in [-0.39, 0.29) is 0 Å². The molecule has 5 heteroatoms. The standard InChI is InChI=1S/C24H51O4P/c1-5-9-11-13-15-17-19-23(7-3)21-27-29(25,26)28-22-24(8-4)20-18-16-14-12-10-6-2/h23-24H,5-22H2,1-4H3,(H,25,26). The summed E-state index contributed by atoms with van der Waals surface area (Å²) in [5.74, 6) is 0.686. The van der Waals surface area contributed by atoms with Gasteiger partial charge in [0, 0.05) is 0 Å². The molecular weight excluding hydrogens is 383 g/mol. The highest BCUT2D eigenvalue weighted by atomic mass is 31.2. The second kappa shape index (κ2) is 20.0. The molecule has 0 amide bonds. The Morgan fingerprint density at radius 2 is 0.966 bits per heavy atom. The van der Waals surface area contributed by atoms with Gasteiger partial charge in [0.05, 0.1) is 13.2 Å². The van der Waals surface area contributed by atoms with E-state index in [2.05, 4.69) is 27.7 Å². The van der Waals surface area contributed by atoms with Gasteiger partial charge in [-0.3, -0.25) is 9.05 Å². The maximum Gasteiger partial charge on any atom is 0.472 e. The van der Waals surface area contributed by atoms with Gasteiger partial charge >= 0.3 is 7.82 Å². The van der Waals surface area contributed by atoms with E-state index < -0.39 is 7.82 Å². The normalized spacial score (nSPS) is 15.9. The first-order chi connectivity index (χ1) is 14.0. The zero-order chi connectivity index (χ0) is 21.8. The van der Waals surface area contributed by atoms with Crippen LogP contribution in [0.4, 0.5) is 0 Å². The number of phosphoric ester groups is 1. The molecule has 0 aliphatic rings. The predicted octanol–water partition coefficient (Wildman–Crippen LogP) is 8.67. The molecule has 29 heavy (non-hydrogen) atoms. The first kappa shape index (κ1) is 29.1. The molecular formula is C24H51O4P. The first-order valence-electron chi connectivity index (χ1n) is 12.6. The molecule has 0 aromatic carbocycles. The van der Waals surface area contributed by atoms with Gasteiger partial charge in [0.15, 0.2) is 0 Å². The molecule has 0 aliphatic heterocycles. The highest BCUT2D eigenvalue weighted by molar-refractivity contribution is 7.47. The second-order valence-electron chi connectivity index (χ2n) is 8.72. The van der Waals surface area contributed by atoms with E-state index in [0.717, 1.165) is 25.7 Å². The lowest BCUT2D eigenvalue weighted by Crippen LogP contribution is -2.12. The van der Waals surface area contributed by atoms with Gasteiger partial charge in [-0.15, -0.1) is 0 Å². The van der Waals surface area contributed by atoms with Crippen LogP contribution in [-0.2, 0) is 13.6 Å². The summed E-state index contributed by atoms with van der Waals surface area (Å²) in [4.78, 5) is 10.1. The highest BCUT2D eigenvalue weighted by Crippen LogP contribution is 2.44. The highest BCUT2D eigenvalue weighted by Gasteiger charge is 2.24. The Labute approximate surface area is 182 Å². The number of rotatable bonds is 22. The minimum Gasteiger partial charge on any atom is -0.302 e. The van der Waals surface area contributed by atoms with Crippen molar-refractivity contribution in [1.82, 2.24) is 0 Å². The van der Waals surface area contributed by atoms with Crippen LogP contribution in [0.3, 0.4) is 0 Å². The summed E-state index contributed by atoms with van der Waals surface area (Å²) in [5, 5.41) is 0. The molecule has 0 radical (unpaired) electrons. The molecule has 0 aromatic heterocycles. The van der Waals surface area contributed by atoms with Crippen molar-refractivity contribution in [2.24, 2.45) is 11.8 Å². The lowest BCUT2D eigenvalue weighted by Gasteiger charge is -2.20. The molecule has 4 nitrogen and oxygen atoms in total. The Hall–Kier alpha value is 0.110. The topological polar surface area (TPSA) is 55.8 Å². The Morgan fingerprint density at radius 1 is 0.621 bits per heavy atom. The minimum absolute atomic E-state index is 0.327. The van der Waals surface area contributed by atoms with Crippen molar-refractivity contribution in [1.29, 1.82) is 0 Å². The molecule has 176 valence electrons. The molecule has 0 spiro atoms. The van der Waals surface area contributed by atoms with Gasteiger partial charge in [-0.2, -0.15) is 0 Å². The van der Waals surface area contributed by atoms with E-state index in [1.165, 1.54) is 77.0 Å². The van der Waals surface area contributed by atoms with E-state index in [1.807, 2.05) is 0 Å². The smallest absolute Gasteiger partial charge is 0.302 e. The number of phosphoric acid groups is 1. The maximum atomic E-state index is 12.3. The Balaban J connectivity index is 3.97. The maximum absolute atomic E-state index is 12.3. The fourth-order valence-corrected chi connectivity index (χ4v) is 4.55. The molecule has 0 bridgehead atoms. The van der Waals surface area contributed by atoms with E-state index in [0.29, 0.717) is 25.0 Å². The molecule has 2 atom stereocenters. The minimum atomic E-state index is -3.93. The van der Waals surface area contributed by atoms with Gasteiger partial charge in [0.1, 0.15) is 0 Å². The monoisotopic (exact) mass is 434 g/mol. The number of hydrogen-bond acceptors (Lipinski definition) is 3. The summed E-state index contributed by atoms with van der Waals surface area (Å²) in [6.45, 7) is 9.37. The van der Waals surface area contributed by atoms with E-state index >= 15 is 0 Å². The zero-order valence-electron chi connectivity index (χ0n) is 20.0. The fraction of sp³-hybridized carbons (Fsp3) is 1.00. The summed E-state index contributed by atoms with van der Waals surface area (Å²) in [5.41, 5.74) is 0. The van der Waals surface area contributed by atoms with Crippen LogP contribution in [0.1, 0.15) is 130 Å². The van der Waals surface area contributed by atoms with Crippen molar-refractivity contribution in [2.75, 3.05) is 13.2 Å². The summed E-state index contributed by atoms with van der Waals surface area (Å²) in [7, 11) is -3.93. The lowest BCUT2D eigenvalue weighted by molar-refractivity contribution is 0.110. The van der Waals surface area contributed by atoms with Crippen LogP contribution in [0.2, 0.25) is 0 Å². The third-order valence-electron chi connectivity index (χ3n) is 6.03. The summed E-state index contributed by atoms with van der Waals surface area (Å²) in [6, 6.07) is 0. The van der Waals surface area contributed by atoms with Crippen LogP contribution in [0.25, 0.3) is 0 Å². The van der Waals surface area contributed by atoms with Crippen molar-refractivity contribution >= 4 is 7.82 Å². The van der Waals surface area contributed by atoms with Crippen LogP contribution in [0, 0.1) is 11.8 Å². The average Bonchev–Trinajstić information content (AvgIpc) is 2.71. The van der Waals surface area contributed by atoms with Crippen LogP contribution in [0.15, 0.2) is 0 Å². The first-order valence-corrected chi connectivity index (χ1v) is 14.1. The van der Waals surface area contributed by atoms with Crippen molar-refractivity contribution in [3.8, 4) is 0 Å². The van der Waals surface area contributed by atoms with Gasteiger partial charge in [0.25, 0.3) is 0 Å². The summed E-state index contributed by atoms with van der Waals surface area (Å²) in [6.07, 6.45) is 19.4. The zero-order valence-corrected chi connectivity index (χ0v) is 20.9. The average molecular weight is 435 g/mol. The SMILES string of the molecule is CCCCCCCCC(CC)COP(=O)(O)OCC(CC)CCCCCCCC. The largest absolute Gasteiger partial charge is 0.472 e. The third-order valence-corrected chi connectivity index (χ3v) is 6.98. The van der Waals surface area contributed by atoms with Gasteiger partial charge in [0.2, 0.25) is 0 Å². The molecule has 2 unspecified atom stereocenters. The van der Waals surface area contributed by atoms with Crippen LogP contribution in [0.5, 0.6) is 0 Å². The van der Waals surface area contributed by atoms with Gasteiger partial charge < -0.3 is 4.89 Å². The molecule has 1 N–H and O–H groups in total. The third kappa shape index (κ3) is 18.6. The van der Waals surface area contributed by atoms with Crippen LogP contribution >= 0.6 is 7.82 Å². The molecule has 0 fully saturated rings. The van der Waals surface area contributed by atoms with Crippen molar-refractivity contribution < 1.29 is 18.5 Å². The summed E-state index contributed by atoms with van der Waals surface area (Å²) < 4.78 is 22.9. The fourth-order valence-electron chi connectivity index (χ4n) is 3.67. The molecule has 0 saturated carbocycles. The van der Waals surface area contributed by atoms with Crippen molar-refractivity contribution in [3.05, 3.63) is 0 Å². The molecule has 0 aliphatic carbocycles. The lowest BCUT2D eigenvalue weighted by atomic mass is 9.99. The van der Waals surface area contributed by atoms with Crippen molar-refractivity contribution in [3.63, 3.8) is 0 Å². The molecule has 0 aromatic rings. The number of unbranched alkanes of at least 4 members (excludes halogenated alkanes) is 10. The Bertz CT molecular complexity index is 357.